The summed E-state index contributed by atoms with van der Waals surface area (Å²) < 4.78 is 15.8. The van der Waals surface area contributed by atoms with Gasteiger partial charge in [-0.3, -0.25) is 0 Å². The van der Waals surface area contributed by atoms with Crippen molar-refractivity contribution in [1.29, 1.82) is 0 Å². The number of aromatic nitrogens is 3. The summed E-state index contributed by atoms with van der Waals surface area (Å²) in [6, 6.07) is 3.08. The van der Waals surface area contributed by atoms with Crippen molar-refractivity contribution in [3.05, 3.63) is 38.5 Å². The number of fused-ring (bicyclic) bond motifs is 1. The minimum atomic E-state index is -0.342. The molecule has 3 rings (SSSR count). The molecule has 0 amide bonds. The lowest BCUT2D eigenvalue weighted by atomic mass is 10.3. The van der Waals surface area contributed by atoms with Gasteiger partial charge in [0.2, 0.25) is 5.95 Å². The number of nitrogens with zero attached hydrogens (tertiary/aromatic N) is 3. The van der Waals surface area contributed by atoms with Crippen LogP contribution in [-0.4, -0.2) is 14.5 Å². The van der Waals surface area contributed by atoms with Crippen LogP contribution in [0.25, 0.3) is 11.0 Å². The van der Waals surface area contributed by atoms with Gasteiger partial charge in [-0.2, -0.15) is 0 Å². The number of thiazole rings is 1. The third-order valence-corrected chi connectivity index (χ3v) is 4.49. The molecule has 0 atom stereocenters. The van der Waals surface area contributed by atoms with Gasteiger partial charge in [0, 0.05) is 10.9 Å². The van der Waals surface area contributed by atoms with Gasteiger partial charge in [-0.05, 0) is 28.9 Å². The molecule has 7 heteroatoms. The number of aryl methyl sites for hydroxylation is 1. The van der Waals surface area contributed by atoms with Gasteiger partial charge < -0.3 is 10.3 Å². The van der Waals surface area contributed by atoms with Crippen molar-refractivity contribution in [2.75, 3.05) is 5.73 Å². The molecule has 0 fully saturated rings. The Morgan fingerprint density at radius 3 is 2.95 bits per heavy atom. The molecule has 0 aliphatic heterocycles. The molecule has 0 aliphatic rings. The lowest BCUT2D eigenvalue weighted by molar-refractivity contribution is 0.622. The minimum absolute atomic E-state index is 0.342. The quantitative estimate of drug-likeness (QED) is 0.778. The van der Waals surface area contributed by atoms with Crippen molar-refractivity contribution in [3.8, 4) is 0 Å². The van der Waals surface area contributed by atoms with E-state index in [0.29, 0.717) is 22.5 Å². The summed E-state index contributed by atoms with van der Waals surface area (Å²) in [6.45, 7) is 2.55. The highest BCUT2D eigenvalue weighted by Gasteiger charge is 2.13. The van der Waals surface area contributed by atoms with E-state index in [1.54, 1.807) is 22.9 Å². The van der Waals surface area contributed by atoms with Crippen molar-refractivity contribution in [2.24, 2.45) is 0 Å². The molecule has 2 heterocycles. The average Bonchev–Trinajstić information content (AvgIpc) is 2.88. The Bertz CT molecular complexity index is 765. The first kappa shape index (κ1) is 12.6. The standard InChI is InChI=1S/C12H10BrFN4S/c1-6-11(19-5-16-6)4-18-10-2-7(13)8(14)3-9(10)17-12(18)15/h2-3,5H,4H2,1H3,(H2,15,17). The number of rotatable bonds is 2. The molecule has 0 spiro atoms. The van der Waals surface area contributed by atoms with Gasteiger partial charge in [0.1, 0.15) is 5.82 Å². The monoisotopic (exact) mass is 340 g/mol. The van der Waals surface area contributed by atoms with Crippen LogP contribution in [0.5, 0.6) is 0 Å². The smallest absolute Gasteiger partial charge is 0.201 e. The molecule has 0 saturated heterocycles. The Morgan fingerprint density at radius 1 is 1.47 bits per heavy atom. The van der Waals surface area contributed by atoms with Crippen LogP contribution in [0.3, 0.4) is 0 Å². The first-order valence-electron chi connectivity index (χ1n) is 5.56. The third kappa shape index (κ3) is 2.12. The molecule has 98 valence electrons. The van der Waals surface area contributed by atoms with E-state index in [2.05, 4.69) is 25.9 Å². The van der Waals surface area contributed by atoms with E-state index in [-0.39, 0.29) is 5.82 Å². The van der Waals surface area contributed by atoms with Gasteiger partial charge in [-0.1, -0.05) is 0 Å². The molecule has 19 heavy (non-hydrogen) atoms. The number of hydrogen-bond donors (Lipinski definition) is 1. The number of benzene rings is 1. The number of halogens is 2. The zero-order valence-electron chi connectivity index (χ0n) is 10.0. The highest BCUT2D eigenvalue weighted by molar-refractivity contribution is 9.10. The fourth-order valence-electron chi connectivity index (χ4n) is 1.93. The summed E-state index contributed by atoms with van der Waals surface area (Å²) >= 11 is 4.76. The van der Waals surface area contributed by atoms with Crippen molar-refractivity contribution >= 4 is 44.2 Å². The van der Waals surface area contributed by atoms with Crippen LogP contribution in [0.1, 0.15) is 10.6 Å². The fraction of sp³-hybridized carbons (Fsp3) is 0.167. The first-order valence-corrected chi connectivity index (χ1v) is 7.23. The summed E-state index contributed by atoms with van der Waals surface area (Å²) in [5.41, 5.74) is 10.1. The predicted octanol–water partition coefficient (Wildman–Crippen LogP) is 3.33. The Hall–Kier alpha value is -1.47. The molecule has 0 bridgehead atoms. The second-order valence-electron chi connectivity index (χ2n) is 4.17. The number of imidazole rings is 1. The molecule has 1 aromatic carbocycles. The maximum absolute atomic E-state index is 13.5. The molecule has 2 N–H and O–H groups in total. The van der Waals surface area contributed by atoms with Crippen molar-refractivity contribution < 1.29 is 4.39 Å². The first-order chi connectivity index (χ1) is 9.06. The Morgan fingerprint density at radius 2 is 2.26 bits per heavy atom. The van der Waals surface area contributed by atoms with E-state index in [1.165, 1.54) is 6.07 Å². The van der Waals surface area contributed by atoms with Crippen LogP contribution in [0.15, 0.2) is 22.1 Å². The average molecular weight is 341 g/mol. The second kappa shape index (κ2) is 4.57. The van der Waals surface area contributed by atoms with Crippen LogP contribution in [-0.2, 0) is 6.54 Å². The highest BCUT2D eigenvalue weighted by Crippen LogP contribution is 2.26. The van der Waals surface area contributed by atoms with E-state index in [9.17, 15) is 4.39 Å². The normalized spacial score (nSPS) is 11.3. The lowest BCUT2D eigenvalue weighted by Gasteiger charge is -2.05. The topological polar surface area (TPSA) is 56.7 Å². The minimum Gasteiger partial charge on any atom is -0.369 e. The summed E-state index contributed by atoms with van der Waals surface area (Å²) in [5, 5.41) is 0. The molecule has 2 aromatic heterocycles. The van der Waals surface area contributed by atoms with Crippen molar-refractivity contribution in [2.45, 2.75) is 13.5 Å². The number of nitrogen functional groups attached to an aromatic ring is 1. The largest absolute Gasteiger partial charge is 0.369 e. The number of hydrogen-bond acceptors (Lipinski definition) is 4. The summed E-state index contributed by atoms with van der Waals surface area (Å²) in [4.78, 5) is 9.52. The molecule has 0 radical (unpaired) electrons. The zero-order valence-corrected chi connectivity index (χ0v) is 12.4. The van der Waals surface area contributed by atoms with Crippen LogP contribution in [0.2, 0.25) is 0 Å². The number of nitrogens with two attached hydrogens (primary N) is 1. The molecular formula is C12H10BrFN4S. The fourth-order valence-corrected chi connectivity index (χ4v) is 3.02. The van der Waals surface area contributed by atoms with E-state index < -0.39 is 0 Å². The van der Waals surface area contributed by atoms with Gasteiger partial charge in [-0.15, -0.1) is 11.3 Å². The summed E-state index contributed by atoms with van der Waals surface area (Å²) in [6.07, 6.45) is 0. The van der Waals surface area contributed by atoms with Gasteiger partial charge in [0.15, 0.2) is 0 Å². The van der Waals surface area contributed by atoms with Crippen LogP contribution < -0.4 is 5.73 Å². The van der Waals surface area contributed by atoms with Gasteiger partial charge in [0.25, 0.3) is 0 Å². The maximum Gasteiger partial charge on any atom is 0.201 e. The summed E-state index contributed by atoms with van der Waals surface area (Å²) in [5.74, 6) is 0.0337. The van der Waals surface area contributed by atoms with Crippen LogP contribution in [0.4, 0.5) is 10.3 Å². The van der Waals surface area contributed by atoms with Gasteiger partial charge >= 0.3 is 0 Å². The maximum atomic E-state index is 13.5. The van der Waals surface area contributed by atoms with Gasteiger partial charge in [-0.25, -0.2) is 14.4 Å². The molecule has 0 aliphatic carbocycles. The van der Waals surface area contributed by atoms with Crippen molar-refractivity contribution in [3.63, 3.8) is 0 Å². The van der Waals surface area contributed by atoms with Crippen LogP contribution >= 0.6 is 27.3 Å². The second-order valence-corrected chi connectivity index (χ2v) is 5.97. The van der Waals surface area contributed by atoms with Gasteiger partial charge in [0.05, 0.1) is 33.3 Å². The molecular weight excluding hydrogens is 331 g/mol. The molecule has 0 unspecified atom stereocenters. The number of anilines is 1. The SMILES string of the molecule is Cc1ncsc1Cn1c(N)nc2cc(F)c(Br)cc21. The van der Waals surface area contributed by atoms with E-state index in [1.807, 2.05) is 11.5 Å². The summed E-state index contributed by atoms with van der Waals surface area (Å²) in [7, 11) is 0. The van der Waals surface area contributed by atoms with Crippen LogP contribution in [0, 0.1) is 12.7 Å². The molecule has 3 aromatic rings. The van der Waals surface area contributed by atoms with Crippen molar-refractivity contribution in [1.82, 2.24) is 14.5 Å². The Kier molecular flexibility index (Phi) is 3.02. The molecule has 0 saturated carbocycles. The third-order valence-electron chi connectivity index (χ3n) is 2.97. The predicted molar refractivity (Wildman–Crippen MR) is 77.8 cm³/mol. The Labute approximate surface area is 121 Å². The Balaban J connectivity index is 2.15. The van der Waals surface area contributed by atoms with E-state index in [0.717, 1.165) is 16.1 Å². The molecule has 4 nitrogen and oxygen atoms in total. The highest BCUT2D eigenvalue weighted by atomic mass is 79.9. The van der Waals surface area contributed by atoms with E-state index >= 15 is 0 Å². The lowest BCUT2D eigenvalue weighted by Crippen LogP contribution is -2.04. The van der Waals surface area contributed by atoms with E-state index in [4.69, 9.17) is 5.73 Å². The zero-order chi connectivity index (χ0) is 13.6.